The minimum atomic E-state index is -0.131. The Morgan fingerprint density at radius 3 is 2.77 bits per heavy atom. The molecule has 0 bridgehead atoms. The molecule has 0 unspecified atom stereocenters. The van der Waals surface area contributed by atoms with Crippen molar-refractivity contribution < 1.29 is 5.11 Å². The molecule has 0 spiro atoms. The third-order valence-corrected chi connectivity index (χ3v) is 2.66. The number of β-amino-alcohol motifs (C(OH)–C–C–N with tert-alkyl or cyclic N) is 1. The summed E-state index contributed by atoms with van der Waals surface area (Å²) in [7, 11) is 0. The van der Waals surface area contributed by atoms with Gasteiger partial charge in [0, 0.05) is 19.6 Å². The average Bonchev–Trinajstić information content (AvgIpc) is 2.02. The van der Waals surface area contributed by atoms with E-state index < -0.39 is 0 Å². The van der Waals surface area contributed by atoms with Crippen LogP contribution in [0.3, 0.4) is 0 Å². The Hall–Kier alpha value is -0.340. The Labute approximate surface area is 81.2 Å². The van der Waals surface area contributed by atoms with Gasteiger partial charge in [0.25, 0.3) is 0 Å². The monoisotopic (exact) mass is 183 g/mol. The second-order valence-electron chi connectivity index (χ2n) is 4.29. The predicted octanol–water partition coefficient (Wildman–Crippen LogP) is 1.66. The molecule has 0 aromatic heterocycles. The van der Waals surface area contributed by atoms with E-state index in [1.807, 2.05) is 0 Å². The maximum atomic E-state index is 9.56. The summed E-state index contributed by atoms with van der Waals surface area (Å²) >= 11 is 0. The second-order valence-corrected chi connectivity index (χ2v) is 4.29. The minimum absolute atomic E-state index is 0.131. The molecule has 1 saturated heterocycles. The number of hydrogen-bond acceptors (Lipinski definition) is 2. The second kappa shape index (κ2) is 4.77. The van der Waals surface area contributed by atoms with Gasteiger partial charge in [-0.25, -0.2) is 0 Å². The first kappa shape index (κ1) is 10.7. The standard InChI is InChI=1S/C11H21NO/c1-4-9(2)6-12-7-10(3)5-11(13)8-12/h10-11,13H,2,4-8H2,1,3H3/t10-,11+/m0/s1. The van der Waals surface area contributed by atoms with Gasteiger partial charge in [0.1, 0.15) is 0 Å². The van der Waals surface area contributed by atoms with Crippen molar-refractivity contribution in [3.63, 3.8) is 0 Å². The highest BCUT2D eigenvalue weighted by atomic mass is 16.3. The van der Waals surface area contributed by atoms with E-state index in [1.165, 1.54) is 5.57 Å². The largest absolute Gasteiger partial charge is 0.392 e. The normalized spacial score (nSPS) is 30.4. The fourth-order valence-corrected chi connectivity index (χ4v) is 1.98. The number of hydrogen-bond donors (Lipinski definition) is 1. The summed E-state index contributed by atoms with van der Waals surface area (Å²) < 4.78 is 0. The highest BCUT2D eigenvalue weighted by Gasteiger charge is 2.22. The van der Waals surface area contributed by atoms with E-state index in [0.29, 0.717) is 5.92 Å². The van der Waals surface area contributed by atoms with E-state index in [1.54, 1.807) is 0 Å². The molecule has 0 aromatic carbocycles. The molecule has 1 N–H and O–H groups in total. The van der Waals surface area contributed by atoms with Gasteiger partial charge in [0.05, 0.1) is 6.10 Å². The summed E-state index contributed by atoms with van der Waals surface area (Å²) in [6, 6.07) is 0. The van der Waals surface area contributed by atoms with Gasteiger partial charge in [-0.2, -0.15) is 0 Å². The lowest BCUT2D eigenvalue weighted by Crippen LogP contribution is -2.42. The number of aliphatic hydroxyl groups is 1. The molecule has 2 heteroatoms. The average molecular weight is 183 g/mol. The van der Waals surface area contributed by atoms with E-state index in [0.717, 1.165) is 32.5 Å². The quantitative estimate of drug-likeness (QED) is 0.673. The van der Waals surface area contributed by atoms with Crippen LogP contribution >= 0.6 is 0 Å². The van der Waals surface area contributed by atoms with Crippen molar-refractivity contribution in [1.29, 1.82) is 0 Å². The lowest BCUT2D eigenvalue weighted by atomic mass is 9.97. The van der Waals surface area contributed by atoms with Crippen molar-refractivity contribution in [2.75, 3.05) is 19.6 Å². The van der Waals surface area contributed by atoms with Crippen LogP contribution in [0.25, 0.3) is 0 Å². The summed E-state index contributed by atoms with van der Waals surface area (Å²) in [6.45, 7) is 11.2. The van der Waals surface area contributed by atoms with Crippen LogP contribution in [0.5, 0.6) is 0 Å². The molecule has 2 nitrogen and oxygen atoms in total. The van der Waals surface area contributed by atoms with E-state index >= 15 is 0 Å². The highest BCUT2D eigenvalue weighted by molar-refractivity contribution is 4.97. The first-order valence-corrected chi connectivity index (χ1v) is 5.18. The van der Waals surface area contributed by atoms with Gasteiger partial charge < -0.3 is 5.11 Å². The van der Waals surface area contributed by atoms with Crippen molar-refractivity contribution >= 4 is 0 Å². The van der Waals surface area contributed by atoms with Crippen molar-refractivity contribution in [2.45, 2.75) is 32.8 Å². The first-order chi connectivity index (χ1) is 6.11. The van der Waals surface area contributed by atoms with Gasteiger partial charge in [0.15, 0.2) is 0 Å². The van der Waals surface area contributed by atoms with E-state index in [-0.39, 0.29) is 6.10 Å². The number of aliphatic hydroxyl groups excluding tert-OH is 1. The van der Waals surface area contributed by atoms with E-state index in [2.05, 4.69) is 25.3 Å². The van der Waals surface area contributed by atoms with Gasteiger partial charge in [-0.05, 0) is 18.8 Å². The molecular formula is C11H21NO. The molecule has 0 amide bonds. The lowest BCUT2D eigenvalue weighted by molar-refractivity contribution is 0.0493. The summed E-state index contributed by atoms with van der Waals surface area (Å²) in [5.41, 5.74) is 1.27. The summed E-state index contributed by atoms with van der Waals surface area (Å²) in [5, 5.41) is 9.56. The maximum Gasteiger partial charge on any atom is 0.0670 e. The summed E-state index contributed by atoms with van der Waals surface area (Å²) in [6.07, 6.45) is 1.87. The zero-order valence-electron chi connectivity index (χ0n) is 8.79. The Kier molecular flexibility index (Phi) is 3.94. The third kappa shape index (κ3) is 3.49. The lowest BCUT2D eigenvalue weighted by Gasteiger charge is -2.34. The number of piperidine rings is 1. The molecule has 1 aliphatic rings. The molecule has 1 rings (SSSR count). The van der Waals surface area contributed by atoms with Crippen molar-refractivity contribution in [1.82, 2.24) is 4.90 Å². The molecule has 1 fully saturated rings. The van der Waals surface area contributed by atoms with Gasteiger partial charge in [-0.3, -0.25) is 4.90 Å². The molecule has 1 heterocycles. The molecule has 13 heavy (non-hydrogen) atoms. The molecule has 0 aromatic rings. The van der Waals surface area contributed by atoms with Crippen LogP contribution in [-0.2, 0) is 0 Å². The van der Waals surface area contributed by atoms with Gasteiger partial charge in [-0.15, -0.1) is 0 Å². The summed E-state index contributed by atoms with van der Waals surface area (Å²) in [4.78, 5) is 2.31. The number of nitrogens with zero attached hydrogens (tertiary/aromatic N) is 1. The van der Waals surface area contributed by atoms with Crippen LogP contribution in [0.4, 0.5) is 0 Å². The highest BCUT2D eigenvalue weighted by Crippen LogP contribution is 2.17. The molecule has 0 radical (unpaired) electrons. The van der Waals surface area contributed by atoms with Crippen LogP contribution in [0.2, 0.25) is 0 Å². The van der Waals surface area contributed by atoms with Crippen LogP contribution in [0.15, 0.2) is 12.2 Å². The molecule has 2 atom stereocenters. The van der Waals surface area contributed by atoms with E-state index in [4.69, 9.17) is 0 Å². The Bertz CT molecular complexity index is 169. The molecule has 76 valence electrons. The molecule has 0 saturated carbocycles. The van der Waals surface area contributed by atoms with Crippen molar-refractivity contribution in [2.24, 2.45) is 5.92 Å². The molecular weight excluding hydrogens is 162 g/mol. The zero-order valence-corrected chi connectivity index (χ0v) is 8.79. The first-order valence-electron chi connectivity index (χ1n) is 5.18. The maximum absolute atomic E-state index is 9.56. The molecule has 0 aliphatic carbocycles. The fourth-order valence-electron chi connectivity index (χ4n) is 1.98. The predicted molar refractivity (Wildman–Crippen MR) is 55.7 cm³/mol. The SMILES string of the molecule is C=C(CC)CN1C[C@@H](C)C[C@@H](O)C1. The fraction of sp³-hybridized carbons (Fsp3) is 0.818. The smallest absolute Gasteiger partial charge is 0.0670 e. The van der Waals surface area contributed by atoms with Crippen molar-refractivity contribution in [3.8, 4) is 0 Å². The van der Waals surface area contributed by atoms with Gasteiger partial charge in [-0.1, -0.05) is 26.0 Å². The Morgan fingerprint density at radius 2 is 2.23 bits per heavy atom. The minimum Gasteiger partial charge on any atom is -0.392 e. The van der Waals surface area contributed by atoms with Gasteiger partial charge >= 0.3 is 0 Å². The van der Waals surface area contributed by atoms with E-state index in [9.17, 15) is 5.11 Å². The zero-order chi connectivity index (χ0) is 9.84. The molecule has 1 aliphatic heterocycles. The van der Waals surface area contributed by atoms with Gasteiger partial charge in [0.2, 0.25) is 0 Å². The van der Waals surface area contributed by atoms with Crippen LogP contribution in [0.1, 0.15) is 26.7 Å². The third-order valence-electron chi connectivity index (χ3n) is 2.66. The van der Waals surface area contributed by atoms with Crippen LogP contribution in [0, 0.1) is 5.92 Å². The Morgan fingerprint density at radius 1 is 1.54 bits per heavy atom. The van der Waals surface area contributed by atoms with Crippen LogP contribution < -0.4 is 0 Å². The Balaban J connectivity index is 2.37. The van der Waals surface area contributed by atoms with Crippen LogP contribution in [-0.4, -0.2) is 35.7 Å². The number of likely N-dealkylation sites (tertiary alicyclic amines) is 1. The van der Waals surface area contributed by atoms with Crippen molar-refractivity contribution in [3.05, 3.63) is 12.2 Å². The number of rotatable bonds is 3. The topological polar surface area (TPSA) is 23.5 Å². The summed E-state index contributed by atoms with van der Waals surface area (Å²) in [5.74, 6) is 0.619.